The van der Waals surface area contributed by atoms with Crippen molar-refractivity contribution in [2.45, 2.75) is 6.92 Å². The van der Waals surface area contributed by atoms with Crippen molar-refractivity contribution in [1.82, 2.24) is 5.06 Å². The number of carbonyl (C=O) groups is 2. The molecule has 0 unspecified atom stereocenters. The number of benzene rings is 2. The van der Waals surface area contributed by atoms with Gasteiger partial charge in [-0.25, -0.2) is 0 Å². The first kappa shape index (κ1) is 13.1. The molecule has 4 nitrogen and oxygen atoms in total. The Balaban J connectivity index is 1.87. The summed E-state index contributed by atoms with van der Waals surface area (Å²) in [5, 5.41) is 0.763. The van der Waals surface area contributed by atoms with Crippen LogP contribution in [0.3, 0.4) is 0 Å². The van der Waals surface area contributed by atoms with Crippen LogP contribution in [0.15, 0.2) is 55.1 Å². The highest BCUT2D eigenvalue weighted by molar-refractivity contribution is 6.20. The monoisotopic (exact) mass is 279 g/mol. The van der Waals surface area contributed by atoms with E-state index < -0.39 is 11.8 Å². The number of fused-ring (bicyclic) bond motifs is 1. The van der Waals surface area contributed by atoms with Crippen LogP contribution in [0.2, 0.25) is 0 Å². The van der Waals surface area contributed by atoms with Crippen LogP contribution in [0.4, 0.5) is 0 Å². The van der Waals surface area contributed by atoms with Gasteiger partial charge in [-0.3, -0.25) is 9.59 Å². The van der Waals surface area contributed by atoms with Gasteiger partial charge in [0.25, 0.3) is 11.8 Å². The Morgan fingerprint density at radius 2 is 1.67 bits per heavy atom. The molecule has 0 aliphatic carbocycles. The molecule has 2 aromatic carbocycles. The molecule has 0 spiro atoms. The Kier molecular flexibility index (Phi) is 3.06. The minimum atomic E-state index is -0.466. The second-order valence-electron chi connectivity index (χ2n) is 4.83. The highest BCUT2D eigenvalue weighted by atomic mass is 16.7. The van der Waals surface area contributed by atoms with Gasteiger partial charge in [0.15, 0.2) is 5.76 Å². The van der Waals surface area contributed by atoms with Gasteiger partial charge in [-0.1, -0.05) is 53.6 Å². The number of amides is 2. The van der Waals surface area contributed by atoms with Gasteiger partial charge in [-0.05, 0) is 19.1 Å². The van der Waals surface area contributed by atoms with Crippen molar-refractivity contribution in [3.05, 3.63) is 77.4 Å². The molecule has 2 amide bonds. The molecule has 0 saturated carbocycles. The van der Waals surface area contributed by atoms with E-state index in [1.165, 1.54) is 0 Å². The fourth-order valence-corrected chi connectivity index (χ4v) is 2.20. The molecule has 3 rings (SSSR count). The van der Waals surface area contributed by atoms with Gasteiger partial charge in [0.2, 0.25) is 0 Å². The maximum Gasteiger partial charge on any atom is 0.295 e. The van der Waals surface area contributed by atoms with Crippen LogP contribution in [0.25, 0.3) is 5.76 Å². The minimum Gasteiger partial charge on any atom is -0.368 e. The van der Waals surface area contributed by atoms with Gasteiger partial charge in [0.1, 0.15) is 0 Å². The van der Waals surface area contributed by atoms with E-state index >= 15 is 0 Å². The van der Waals surface area contributed by atoms with Crippen molar-refractivity contribution < 1.29 is 14.4 Å². The Labute approximate surface area is 122 Å². The molecule has 4 heteroatoms. The van der Waals surface area contributed by atoms with Crippen LogP contribution < -0.4 is 0 Å². The molecule has 0 atom stereocenters. The number of carbonyl (C=O) groups excluding carboxylic acids is 2. The Morgan fingerprint density at radius 3 is 2.38 bits per heavy atom. The molecule has 2 aromatic rings. The quantitative estimate of drug-likeness (QED) is 0.640. The summed E-state index contributed by atoms with van der Waals surface area (Å²) >= 11 is 0. The third-order valence-electron chi connectivity index (χ3n) is 3.30. The normalized spacial score (nSPS) is 13.3. The van der Waals surface area contributed by atoms with Gasteiger partial charge in [-0.2, -0.15) is 0 Å². The van der Waals surface area contributed by atoms with Gasteiger partial charge < -0.3 is 4.84 Å². The summed E-state index contributed by atoms with van der Waals surface area (Å²) in [7, 11) is 0. The van der Waals surface area contributed by atoms with E-state index in [4.69, 9.17) is 4.84 Å². The predicted molar refractivity (Wildman–Crippen MR) is 78.2 cm³/mol. The third kappa shape index (κ3) is 2.21. The van der Waals surface area contributed by atoms with E-state index in [1.807, 2.05) is 25.1 Å². The zero-order valence-electron chi connectivity index (χ0n) is 11.5. The number of rotatable bonds is 3. The average Bonchev–Trinajstić information content (AvgIpc) is 2.73. The largest absolute Gasteiger partial charge is 0.368 e. The maximum atomic E-state index is 12.3. The lowest BCUT2D eigenvalue weighted by atomic mass is 10.1. The standard InChI is InChI=1S/C17H13NO3/c1-11-8-9-14-15(10-11)17(20)18(16(14)19)21-12(2)13-6-4-3-5-7-13/h3-10H,2H2,1H3. The molecule has 0 saturated heterocycles. The molecular formula is C17H13NO3. The molecular weight excluding hydrogens is 266 g/mol. The molecule has 1 aliphatic heterocycles. The molecule has 1 heterocycles. The van der Waals surface area contributed by atoms with Crippen molar-refractivity contribution in [1.29, 1.82) is 0 Å². The van der Waals surface area contributed by atoms with Gasteiger partial charge >= 0.3 is 0 Å². The number of nitrogens with zero attached hydrogens (tertiary/aromatic N) is 1. The van der Waals surface area contributed by atoms with Crippen LogP contribution in [-0.4, -0.2) is 16.9 Å². The van der Waals surface area contributed by atoms with Crippen molar-refractivity contribution in [3.8, 4) is 0 Å². The second-order valence-corrected chi connectivity index (χ2v) is 4.83. The highest BCUT2D eigenvalue weighted by Crippen LogP contribution is 2.27. The fourth-order valence-electron chi connectivity index (χ4n) is 2.20. The highest BCUT2D eigenvalue weighted by Gasteiger charge is 2.38. The number of hydroxylamine groups is 2. The summed E-state index contributed by atoms with van der Waals surface area (Å²) < 4.78 is 0. The fraction of sp³-hybridized carbons (Fsp3) is 0.0588. The number of aryl methyl sites for hydroxylation is 1. The first-order valence-electron chi connectivity index (χ1n) is 6.49. The summed E-state index contributed by atoms with van der Waals surface area (Å²) in [5.41, 5.74) is 2.34. The van der Waals surface area contributed by atoms with Crippen LogP contribution in [0, 0.1) is 6.92 Å². The van der Waals surface area contributed by atoms with Crippen molar-refractivity contribution >= 4 is 17.6 Å². The van der Waals surface area contributed by atoms with E-state index in [0.29, 0.717) is 16.7 Å². The summed E-state index contributed by atoms with van der Waals surface area (Å²) in [6.07, 6.45) is 0. The van der Waals surface area contributed by atoms with Crippen molar-refractivity contribution in [2.24, 2.45) is 0 Å². The molecule has 1 aliphatic rings. The number of hydrogen-bond acceptors (Lipinski definition) is 3. The molecule has 0 aromatic heterocycles. The maximum absolute atomic E-state index is 12.3. The zero-order valence-corrected chi connectivity index (χ0v) is 11.5. The number of hydrogen-bond donors (Lipinski definition) is 0. The van der Waals surface area contributed by atoms with E-state index in [1.54, 1.807) is 30.3 Å². The molecule has 0 radical (unpaired) electrons. The van der Waals surface area contributed by atoms with Gasteiger partial charge in [0.05, 0.1) is 11.1 Å². The SMILES string of the molecule is C=C(ON1C(=O)c2ccc(C)cc2C1=O)c1ccccc1. The van der Waals surface area contributed by atoms with Gasteiger partial charge in [0, 0.05) is 5.56 Å². The van der Waals surface area contributed by atoms with E-state index in [9.17, 15) is 9.59 Å². The van der Waals surface area contributed by atoms with Crippen LogP contribution >= 0.6 is 0 Å². The topological polar surface area (TPSA) is 46.6 Å². The first-order chi connectivity index (χ1) is 10.1. The summed E-state index contributed by atoms with van der Waals surface area (Å²) in [6.45, 7) is 5.63. The lowest BCUT2D eigenvalue weighted by Gasteiger charge is -2.16. The predicted octanol–water partition coefficient (Wildman–Crippen LogP) is 3.19. The van der Waals surface area contributed by atoms with Crippen LogP contribution in [0.5, 0.6) is 0 Å². The van der Waals surface area contributed by atoms with Crippen LogP contribution in [-0.2, 0) is 4.84 Å². The summed E-state index contributed by atoms with van der Waals surface area (Å²) in [4.78, 5) is 29.9. The molecule has 21 heavy (non-hydrogen) atoms. The average molecular weight is 279 g/mol. The Morgan fingerprint density at radius 1 is 1.00 bits per heavy atom. The van der Waals surface area contributed by atoms with E-state index in [2.05, 4.69) is 6.58 Å². The molecule has 0 fully saturated rings. The molecule has 104 valence electrons. The van der Waals surface area contributed by atoms with Crippen molar-refractivity contribution in [2.75, 3.05) is 0 Å². The van der Waals surface area contributed by atoms with Crippen LogP contribution in [0.1, 0.15) is 31.8 Å². The smallest absolute Gasteiger partial charge is 0.295 e. The van der Waals surface area contributed by atoms with Crippen molar-refractivity contribution in [3.63, 3.8) is 0 Å². The summed E-state index contributed by atoms with van der Waals surface area (Å²) in [5.74, 6) is -0.676. The third-order valence-corrected chi connectivity index (χ3v) is 3.30. The first-order valence-corrected chi connectivity index (χ1v) is 6.49. The zero-order chi connectivity index (χ0) is 15.0. The molecule has 0 N–H and O–H groups in total. The lowest BCUT2D eigenvalue weighted by molar-refractivity contribution is -0.0315. The second kappa shape index (κ2) is 4.90. The molecule has 0 bridgehead atoms. The minimum absolute atomic E-state index is 0.252. The Hall–Kier alpha value is -2.88. The number of imide groups is 1. The Bertz CT molecular complexity index is 750. The van der Waals surface area contributed by atoms with E-state index in [0.717, 1.165) is 10.6 Å². The summed E-state index contributed by atoms with van der Waals surface area (Å²) in [6, 6.07) is 14.2. The lowest BCUT2D eigenvalue weighted by Crippen LogP contribution is -2.29. The van der Waals surface area contributed by atoms with Gasteiger partial charge in [-0.15, -0.1) is 0 Å². The van der Waals surface area contributed by atoms with E-state index in [-0.39, 0.29) is 5.76 Å².